The quantitative estimate of drug-likeness (QED) is 0.251. The lowest BCUT2D eigenvalue weighted by atomic mass is 10.0. The molecule has 0 heterocycles. The van der Waals surface area contributed by atoms with Crippen molar-refractivity contribution < 1.29 is 10.3 Å². The lowest BCUT2D eigenvalue weighted by Gasteiger charge is -2.02. The Morgan fingerprint density at radius 3 is 0.950 bits per heavy atom. The van der Waals surface area contributed by atoms with Crippen LogP contribution < -0.4 is 0 Å². The van der Waals surface area contributed by atoms with Gasteiger partial charge in [0.15, 0.2) is 0 Å². The van der Waals surface area contributed by atoms with E-state index in [0.29, 0.717) is 0 Å². The SMILES string of the molecule is CCCCCCCCCCCCCCCC.O=[N+]([O-])O. The minimum Gasteiger partial charge on any atom is -0.328 e. The second-order valence-electron chi connectivity index (χ2n) is 5.48. The van der Waals surface area contributed by atoms with Crippen molar-refractivity contribution in [3.63, 3.8) is 0 Å². The normalized spacial score (nSPS) is 9.90. The first-order chi connectivity index (χ1) is 9.65. The van der Waals surface area contributed by atoms with Gasteiger partial charge in [0, 0.05) is 0 Å². The van der Waals surface area contributed by atoms with Gasteiger partial charge in [0.05, 0.1) is 0 Å². The van der Waals surface area contributed by atoms with E-state index >= 15 is 0 Å². The highest BCUT2D eigenvalue weighted by atomic mass is 16.9. The molecular formula is C16H35NO3. The lowest BCUT2D eigenvalue weighted by molar-refractivity contribution is -0.742. The van der Waals surface area contributed by atoms with Gasteiger partial charge in [-0.2, -0.15) is 0 Å². The molecule has 0 radical (unpaired) electrons. The maximum absolute atomic E-state index is 8.36. The predicted molar refractivity (Wildman–Crippen MR) is 84.8 cm³/mol. The summed E-state index contributed by atoms with van der Waals surface area (Å²) < 4.78 is 0. The van der Waals surface area contributed by atoms with Crippen LogP contribution in [0.1, 0.15) is 104 Å². The van der Waals surface area contributed by atoms with Crippen LogP contribution in [0.4, 0.5) is 0 Å². The van der Waals surface area contributed by atoms with E-state index in [-0.39, 0.29) is 0 Å². The van der Waals surface area contributed by atoms with Gasteiger partial charge in [0.25, 0.3) is 5.09 Å². The molecule has 0 fully saturated rings. The van der Waals surface area contributed by atoms with Gasteiger partial charge in [-0.15, -0.1) is 10.1 Å². The third-order valence-electron chi connectivity index (χ3n) is 3.46. The molecule has 0 saturated carbocycles. The number of nitrogens with zero attached hydrogens (tertiary/aromatic N) is 1. The largest absolute Gasteiger partial charge is 0.328 e. The summed E-state index contributed by atoms with van der Waals surface area (Å²) in [7, 11) is 0. The lowest BCUT2D eigenvalue weighted by Crippen LogP contribution is -1.82. The van der Waals surface area contributed by atoms with Crippen LogP contribution in [0.25, 0.3) is 0 Å². The Labute approximate surface area is 125 Å². The van der Waals surface area contributed by atoms with E-state index in [1.165, 1.54) is 89.9 Å². The highest BCUT2D eigenvalue weighted by molar-refractivity contribution is 4.48. The summed E-state index contributed by atoms with van der Waals surface area (Å²) in [6.07, 6.45) is 20.4. The van der Waals surface area contributed by atoms with Crippen molar-refractivity contribution in [1.82, 2.24) is 0 Å². The zero-order chi connectivity index (χ0) is 15.5. The molecule has 0 aliphatic rings. The summed E-state index contributed by atoms with van der Waals surface area (Å²) in [5, 5.41) is 13.6. The Morgan fingerprint density at radius 2 is 0.800 bits per heavy atom. The van der Waals surface area contributed by atoms with E-state index in [4.69, 9.17) is 15.3 Å². The molecule has 0 aromatic carbocycles. The predicted octanol–water partition coefficient (Wildman–Crippen LogP) is 6.14. The second-order valence-corrected chi connectivity index (χ2v) is 5.48. The van der Waals surface area contributed by atoms with Gasteiger partial charge in [-0.1, -0.05) is 104 Å². The van der Waals surface area contributed by atoms with Crippen molar-refractivity contribution in [1.29, 1.82) is 0 Å². The van der Waals surface area contributed by atoms with Crippen molar-refractivity contribution in [3.8, 4) is 0 Å². The molecule has 0 spiro atoms. The molecule has 0 aliphatic carbocycles. The highest BCUT2D eigenvalue weighted by Gasteiger charge is 1.92. The maximum Gasteiger partial charge on any atom is 0.291 e. The van der Waals surface area contributed by atoms with Gasteiger partial charge in [0.2, 0.25) is 0 Å². The Balaban J connectivity index is 0. The van der Waals surface area contributed by atoms with E-state index < -0.39 is 5.09 Å². The molecule has 0 rings (SSSR count). The van der Waals surface area contributed by atoms with Crippen LogP contribution in [0, 0.1) is 10.1 Å². The molecule has 0 amide bonds. The highest BCUT2D eigenvalue weighted by Crippen LogP contribution is 2.12. The van der Waals surface area contributed by atoms with Gasteiger partial charge in [-0.3, -0.25) is 0 Å². The minimum absolute atomic E-state index is 1.37. The molecule has 1 N–H and O–H groups in total. The van der Waals surface area contributed by atoms with E-state index in [1.807, 2.05) is 0 Å². The van der Waals surface area contributed by atoms with Crippen LogP contribution in [0.3, 0.4) is 0 Å². The first kappa shape index (κ1) is 21.5. The van der Waals surface area contributed by atoms with Gasteiger partial charge in [0.1, 0.15) is 0 Å². The average Bonchev–Trinajstić information content (AvgIpc) is 2.39. The Kier molecular flexibility index (Phi) is 22.1. The Hall–Kier alpha value is -0.800. The molecular weight excluding hydrogens is 254 g/mol. The molecule has 0 unspecified atom stereocenters. The topological polar surface area (TPSA) is 63.4 Å². The number of rotatable bonds is 13. The molecule has 0 saturated heterocycles. The third-order valence-corrected chi connectivity index (χ3v) is 3.46. The summed E-state index contributed by atoms with van der Waals surface area (Å²) in [5.74, 6) is 0. The zero-order valence-corrected chi connectivity index (χ0v) is 13.6. The van der Waals surface area contributed by atoms with Crippen molar-refractivity contribution in [2.24, 2.45) is 0 Å². The van der Waals surface area contributed by atoms with Gasteiger partial charge in [-0.05, 0) is 0 Å². The summed E-state index contributed by atoms with van der Waals surface area (Å²) >= 11 is 0. The molecule has 0 atom stereocenters. The van der Waals surface area contributed by atoms with E-state index in [9.17, 15) is 0 Å². The van der Waals surface area contributed by atoms with E-state index in [1.54, 1.807) is 0 Å². The molecule has 0 aromatic rings. The van der Waals surface area contributed by atoms with E-state index in [0.717, 1.165) is 0 Å². The first-order valence-corrected chi connectivity index (χ1v) is 8.48. The van der Waals surface area contributed by atoms with Crippen molar-refractivity contribution in [2.45, 2.75) is 104 Å². The first-order valence-electron chi connectivity index (χ1n) is 8.48. The Bertz CT molecular complexity index is 169. The molecule has 0 bridgehead atoms. The number of hydrogen-bond donors (Lipinski definition) is 1. The van der Waals surface area contributed by atoms with Crippen LogP contribution in [0.5, 0.6) is 0 Å². The number of unbranched alkanes of at least 4 members (excludes halogenated alkanes) is 13. The fourth-order valence-corrected chi connectivity index (χ4v) is 2.27. The molecule has 4 nitrogen and oxygen atoms in total. The summed E-state index contributed by atoms with van der Waals surface area (Å²) in [5.41, 5.74) is 0. The van der Waals surface area contributed by atoms with Crippen molar-refractivity contribution in [2.75, 3.05) is 0 Å². The fourth-order valence-electron chi connectivity index (χ4n) is 2.27. The van der Waals surface area contributed by atoms with Gasteiger partial charge < -0.3 is 5.21 Å². The molecule has 4 heteroatoms. The number of hydrogen-bond acceptors (Lipinski definition) is 2. The maximum atomic E-state index is 8.36. The van der Waals surface area contributed by atoms with Crippen LogP contribution >= 0.6 is 0 Å². The minimum atomic E-state index is -1.50. The molecule has 0 aromatic heterocycles. The Morgan fingerprint density at radius 1 is 0.650 bits per heavy atom. The van der Waals surface area contributed by atoms with Crippen molar-refractivity contribution in [3.05, 3.63) is 10.1 Å². The van der Waals surface area contributed by atoms with Crippen LogP contribution in [0.2, 0.25) is 0 Å². The van der Waals surface area contributed by atoms with Gasteiger partial charge >= 0.3 is 0 Å². The molecule has 20 heavy (non-hydrogen) atoms. The van der Waals surface area contributed by atoms with Gasteiger partial charge in [-0.25, -0.2) is 0 Å². The summed E-state index contributed by atoms with van der Waals surface area (Å²) in [4.78, 5) is 8.36. The van der Waals surface area contributed by atoms with Crippen molar-refractivity contribution >= 4 is 0 Å². The zero-order valence-electron chi connectivity index (χ0n) is 13.6. The average molecular weight is 289 g/mol. The monoisotopic (exact) mass is 289 g/mol. The molecule has 122 valence electrons. The van der Waals surface area contributed by atoms with Crippen LogP contribution in [-0.4, -0.2) is 10.3 Å². The third kappa shape index (κ3) is 30.3. The second kappa shape index (κ2) is 20.5. The smallest absolute Gasteiger partial charge is 0.291 e. The van der Waals surface area contributed by atoms with Crippen LogP contribution in [0.15, 0.2) is 0 Å². The summed E-state index contributed by atoms with van der Waals surface area (Å²) in [6, 6.07) is 0. The fraction of sp³-hybridized carbons (Fsp3) is 1.00. The summed E-state index contributed by atoms with van der Waals surface area (Å²) in [6.45, 7) is 4.58. The standard InChI is InChI=1S/C16H34.HNO3/c1-3-5-7-9-11-13-15-16-14-12-10-8-6-4-2;2-1(3)4/h3-16H2,1-2H3;(H,2,3,4). The molecule has 0 aliphatic heterocycles. The van der Waals surface area contributed by atoms with Crippen LogP contribution in [-0.2, 0) is 0 Å². The van der Waals surface area contributed by atoms with E-state index in [2.05, 4.69) is 13.8 Å².